The van der Waals surface area contributed by atoms with Gasteiger partial charge in [-0.15, -0.1) is 25.6 Å². The monoisotopic (exact) mass is 271 g/mol. The SMILES string of the molecule is COc1ccc(C(C)N)c(OC(F)(F)F)c1.Cl. The number of ether oxygens (including phenoxy) is 2. The van der Waals surface area contributed by atoms with Gasteiger partial charge in [0.1, 0.15) is 11.5 Å². The summed E-state index contributed by atoms with van der Waals surface area (Å²) in [4.78, 5) is 0. The van der Waals surface area contributed by atoms with E-state index < -0.39 is 12.4 Å². The van der Waals surface area contributed by atoms with Gasteiger partial charge in [-0.1, -0.05) is 6.07 Å². The molecule has 1 rings (SSSR count). The van der Waals surface area contributed by atoms with E-state index in [-0.39, 0.29) is 29.5 Å². The Hall–Kier alpha value is -1.14. The maximum Gasteiger partial charge on any atom is 0.573 e. The summed E-state index contributed by atoms with van der Waals surface area (Å²) in [5.41, 5.74) is 5.81. The van der Waals surface area contributed by atoms with Crippen LogP contribution in [0, 0.1) is 0 Å². The summed E-state index contributed by atoms with van der Waals surface area (Å²) in [6, 6.07) is 3.59. The van der Waals surface area contributed by atoms with E-state index in [1.807, 2.05) is 0 Å². The molecule has 3 nitrogen and oxygen atoms in total. The lowest BCUT2D eigenvalue weighted by Crippen LogP contribution is -2.19. The van der Waals surface area contributed by atoms with Crippen LogP contribution in [0.5, 0.6) is 11.5 Å². The Bertz CT molecular complexity index is 369. The van der Waals surface area contributed by atoms with Gasteiger partial charge >= 0.3 is 6.36 Å². The van der Waals surface area contributed by atoms with E-state index in [4.69, 9.17) is 10.5 Å². The van der Waals surface area contributed by atoms with Crippen molar-refractivity contribution in [2.75, 3.05) is 7.11 Å². The van der Waals surface area contributed by atoms with E-state index in [2.05, 4.69) is 4.74 Å². The summed E-state index contributed by atoms with van der Waals surface area (Å²) in [6.45, 7) is 1.57. The Balaban J connectivity index is 0.00000256. The van der Waals surface area contributed by atoms with Crippen LogP contribution in [0.2, 0.25) is 0 Å². The van der Waals surface area contributed by atoms with Gasteiger partial charge in [0.15, 0.2) is 0 Å². The standard InChI is InChI=1S/C10H12F3NO2.ClH/c1-6(14)8-4-3-7(15-2)5-9(8)16-10(11,12)13;/h3-6H,14H2,1-2H3;1H. The van der Waals surface area contributed by atoms with Crippen molar-refractivity contribution in [2.24, 2.45) is 5.73 Å². The maximum atomic E-state index is 12.1. The van der Waals surface area contributed by atoms with Gasteiger partial charge in [0, 0.05) is 17.7 Å². The highest BCUT2D eigenvalue weighted by Gasteiger charge is 2.32. The lowest BCUT2D eigenvalue weighted by atomic mass is 10.1. The summed E-state index contributed by atoms with van der Waals surface area (Å²) in [5, 5.41) is 0. The van der Waals surface area contributed by atoms with Crippen LogP contribution < -0.4 is 15.2 Å². The highest BCUT2D eigenvalue weighted by atomic mass is 35.5. The summed E-state index contributed by atoms with van der Waals surface area (Å²) in [7, 11) is 1.36. The van der Waals surface area contributed by atoms with Crippen LogP contribution in [0.3, 0.4) is 0 Å². The third-order valence-electron chi connectivity index (χ3n) is 1.94. The van der Waals surface area contributed by atoms with Gasteiger partial charge in [0.05, 0.1) is 7.11 Å². The molecular weight excluding hydrogens is 259 g/mol. The minimum absolute atomic E-state index is 0. The lowest BCUT2D eigenvalue weighted by Gasteiger charge is -2.16. The molecule has 98 valence electrons. The second-order valence-electron chi connectivity index (χ2n) is 3.24. The van der Waals surface area contributed by atoms with Crippen molar-refractivity contribution in [2.45, 2.75) is 19.3 Å². The average molecular weight is 272 g/mol. The number of rotatable bonds is 3. The molecule has 17 heavy (non-hydrogen) atoms. The van der Waals surface area contributed by atoms with Crippen LogP contribution in [0.4, 0.5) is 13.2 Å². The topological polar surface area (TPSA) is 44.5 Å². The summed E-state index contributed by atoms with van der Waals surface area (Å²) < 4.78 is 45.0. The Labute approximate surface area is 103 Å². The van der Waals surface area contributed by atoms with Crippen molar-refractivity contribution in [3.05, 3.63) is 23.8 Å². The smallest absolute Gasteiger partial charge is 0.497 e. The Morgan fingerprint density at radius 3 is 2.29 bits per heavy atom. The van der Waals surface area contributed by atoms with E-state index >= 15 is 0 Å². The fraction of sp³-hybridized carbons (Fsp3) is 0.400. The number of alkyl halides is 3. The van der Waals surface area contributed by atoms with Crippen molar-refractivity contribution in [1.82, 2.24) is 0 Å². The van der Waals surface area contributed by atoms with Gasteiger partial charge in [0.2, 0.25) is 0 Å². The summed E-state index contributed by atoms with van der Waals surface area (Å²) in [6.07, 6.45) is -4.74. The molecule has 0 aliphatic heterocycles. The molecule has 1 aromatic rings. The Kier molecular flexibility index (Phi) is 5.57. The number of nitrogens with two attached hydrogens (primary N) is 1. The summed E-state index contributed by atoms with van der Waals surface area (Å²) in [5.74, 6) is -0.0505. The first kappa shape index (κ1) is 15.9. The van der Waals surface area contributed by atoms with Crippen LogP contribution in [0.15, 0.2) is 18.2 Å². The molecule has 0 saturated heterocycles. The molecule has 0 bridgehead atoms. The normalized spacial score (nSPS) is 12.6. The van der Waals surface area contributed by atoms with Crippen LogP contribution >= 0.6 is 12.4 Å². The molecule has 0 spiro atoms. The highest BCUT2D eigenvalue weighted by Crippen LogP contribution is 2.32. The molecule has 0 radical (unpaired) electrons. The lowest BCUT2D eigenvalue weighted by molar-refractivity contribution is -0.275. The molecule has 1 atom stereocenters. The van der Waals surface area contributed by atoms with Crippen molar-refractivity contribution in [1.29, 1.82) is 0 Å². The third-order valence-corrected chi connectivity index (χ3v) is 1.94. The van der Waals surface area contributed by atoms with Crippen LogP contribution in [0.25, 0.3) is 0 Å². The molecule has 0 amide bonds. The van der Waals surface area contributed by atoms with Crippen LogP contribution in [-0.2, 0) is 0 Å². The number of halogens is 4. The minimum Gasteiger partial charge on any atom is -0.497 e. The van der Waals surface area contributed by atoms with E-state index in [0.29, 0.717) is 0 Å². The molecule has 0 aliphatic carbocycles. The predicted octanol–water partition coefficient (Wildman–Crippen LogP) is 3.04. The predicted molar refractivity (Wildman–Crippen MR) is 59.5 cm³/mol. The third kappa shape index (κ3) is 4.70. The second kappa shape index (κ2) is 5.97. The van der Waals surface area contributed by atoms with Crippen LogP contribution in [0.1, 0.15) is 18.5 Å². The van der Waals surface area contributed by atoms with Crippen molar-refractivity contribution in [3.63, 3.8) is 0 Å². The molecule has 0 saturated carbocycles. The second-order valence-corrected chi connectivity index (χ2v) is 3.24. The number of benzene rings is 1. The van der Waals surface area contributed by atoms with Gasteiger partial charge in [-0.2, -0.15) is 0 Å². The molecule has 1 unspecified atom stereocenters. The summed E-state index contributed by atoms with van der Waals surface area (Å²) >= 11 is 0. The number of hydrogen-bond acceptors (Lipinski definition) is 3. The zero-order chi connectivity index (χ0) is 12.3. The fourth-order valence-electron chi connectivity index (χ4n) is 1.23. The first-order valence-corrected chi connectivity index (χ1v) is 4.52. The molecular formula is C10H13ClF3NO2. The Morgan fingerprint density at radius 1 is 1.29 bits per heavy atom. The number of hydrogen-bond donors (Lipinski definition) is 1. The first-order valence-electron chi connectivity index (χ1n) is 4.52. The Morgan fingerprint density at radius 2 is 1.88 bits per heavy atom. The highest BCUT2D eigenvalue weighted by molar-refractivity contribution is 5.85. The van der Waals surface area contributed by atoms with E-state index in [0.717, 1.165) is 6.07 Å². The molecule has 0 heterocycles. The van der Waals surface area contributed by atoms with Crippen molar-refractivity contribution < 1.29 is 22.6 Å². The molecule has 1 aromatic carbocycles. The van der Waals surface area contributed by atoms with Gasteiger partial charge < -0.3 is 15.2 Å². The van der Waals surface area contributed by atoms with E-state index in [1.165, 1.54) is 19.2 Å². The molecule has 2 N–H and O–H groups in total. The number of methoxy groups -OCH3 is 1. The van der Waals surface area contributed by atoms with E-state index in [9.17, 15) is 13.2 Å². The van der Waals surface area contributed by atoms with Gasteiger partial charge in [-0.3, -0.25) is 0 Å². The average Bonchev–Trinajstić information content (AvgIpc) is 2.14. The van der Waals surface area contributed by atoms with Crippen molar-refractivity contribution in [3.8, 4) is 11.5 Å². The minimum atomic E-state index is -4.74. The molecule has 7 heteroatoms. The van der Waals surface area contributed by atoms with Gasteiger partial charge in [-0.25, -0.2) is 0 Å². The van der Waals surface area contributed by atoms with Gasteiger partial charge in [-0.05, 0) is 13.0 Å². The van der Waals surface area contributed by atoms with Crippen molar-refractivity contribution >= 4 is 12.4 Å². The fourth-order valence-corrected chi connectivity index (χ4v) is 1.23. The maximum absolute atomic E-state index is 12.1. The van der Waals surface area contributed by atoms with Crippen LogP contribution in [-0.4, -0.2) is 13.5 Å². The quantitative estimate of drug-likeness (QED) is 0.919. The largest absolute Gasteiger partial charge is 0.573 e. The zero-order valence-electron chi connectivity index (χ0n) is 9.25. The zero-order valence-corrected chi connectivity index (χ0v) is 10.1. The molecule has 0 aliphatic rings. The van der Waals surface area contributed by atoms with Gasteiger partial charge in [0.25, 0.3) is 0 Å². The first-order chi connectivity index (χ1) is 7.33. The molecule has 0 aromatic heterocycles. The van der Waals surface area contributed by atoms with E-state index in [1.54, 1.807) is 6.92 Å². The molecule has 0 fully saturated rings.